The van der Waals surface area contributed by atoms with E-state index < -0.39 is 0 Å². The summed E-state index contributed by atoms with van der Waals surface area (Å²) in [6.07, 6.45) is 3.94. The summed E-state index contributed by atoms with van der Waals surface area (Å²) < 4.78 is 2.00. The van der Waals surface area contributed by atoms with Crippen molar-refractivity contribution < 1.29 is 9.59 Å². The molecule has 0 radical (unpaired) electrons. The maximum Gasteiger partial charge on any atom is 0.253 e. The monoisotopic (exact) mass is 359 g/mol. The third-order valence-electron chi connectivity index (χ3n) is 4.89. The van der Waals surface area contributed by atoms with Gasteiger partial charge in [-0.05, 0) is 48.5 Å². The number of carbonyl (C=O) groups is 2. The van der Waals surface area contributed by atoms with Crippen molar-refractivity contribution in [3.8, 4) is 5.69 Å². The Morgan fingerprint density at radius 1 is 0.593 bits per heavy atom. The normalized spacial score (nSPS) is 14.2. The lowest BCUT2D eigenvalue weighted by Crippen LogP contribution is -2.50. The van der Waals surface area contributed by atoms with Crippen LogP contribution in [0.15, 0.2) is 79.1 Å². The third-order valence-corrected chi connectivity index (χ3v) is 4.89. The first kappa shape index (κ1) is 17.1. The summed E-state index contributed by atoms with van der Waals surface area (Å²) in [7, 11) is 0. The van der Waals surface area contributed by atoms with Crippen molar-refractivity contribution in [3.63, 3.8) is 0 Å². The summed E-state index contributed by atoms with van der Waals surface area (Å²) in [4.78, 5) is 28.9. The van der Waals surface area contributed by atoms with E-state index in [9.17, 15) is 9.59 Å². The second kappa shape index (κ2) is 7.50. The summed E-state index contributed by atoms with van der Waals surface area (Å²) in [6.45, 7) is 2.22. The molecular weight excluding hydrogens is 338 g/mol. The highest BCUT2D eigenvalue weighted by Crippen LogP contribution is 2.14. The van der Waals surface area contributed by atoms with Crippen LogP contribution in [0.5, 0.6) is 0 Å². The Balaban J connectivity index is 1.38. The van der Waals surface area contributed by atoms with E-state index in [0.29, 0.717) is 37.3 Å². The Kier molecular flexibility index (Phi) is 4.75. The molecule has 1 aliphatic heterocycles. The number of hydrogen-bond donors (Lipinski definition) is 0. The standard InChI is InChI=1S/C22H21N3O2/c26-21(18-6-2-1-3-7-18)24-14-16-25(17-15-24)22(27)19-8-10-20(11-9-19)23-12-4-5-13-23/h1-13H,14-17H2. The van der Waals surface area contributed by atoms with Crippen molar-refractivity contribution in [2.24, 2.45) is 0 Å². The van der Waals surface area contributed by atoms with E-state index in [1.165, 1.54) is 0 Å². The first-order chi connectivity index (χ1) is 13.2. The van der Waals surface area contributed by atoms with Crippen molar-refractivity contribution in [1.29, 1.82) is 0 Å². The number of amides is 2. The molecule has 1 fully saturated rings. The molecule has 5 heteroatoms. The summed E-state index contributed by atoms with van der Waals surface area (Å²) in [6, 6.07) is 20.8. The van der Waals surface area contributed by atoms with Gasteiger partial charge in [-0.25, -0.2) is 0 Å². The fraction of sp³-hybridized carbons (Fsp3) is 0.182. The van der Waals surface area contributed by atoms with Gasteiger partial charge < -0.3 is 14.4 Å². The Bertz CT molecular complexity index is 910. The van der Waals surface area contributed by atoms with Crippen LogP contribution in [0, 0.1) is 0 Å². The average molecular weight is 359 g/mol. The van der Waals surface area contributed by atoms with Gasteiger partial charge in [-0.2, -0.15) is 0 Å². The SMILES string of the molecule is O=C(c1ccccc1)N1CCN(C(=O)c2ccc(-n3cccc3)cc2)CC1. The van der Waals surface area contributed by atoms with E-state index in [1.54, 1.807) is 0 Å². The van der Waals surface area contributed by atoms with Crippen molar-refractivity contribution in [3.05, 3.63) is 90.3 Å². The molecule has 5 nitrogen and oxygen atoms in total. The molecule has 1 aromatic heterocycles. The molecule has 2 heterocycles. The second-order valence-corrected chi connectivity index (χ2v) is 6.59. The number of nitrogens with zero attached hydrogens (tertiary/aromatic N) is 3. The first-order valence-corrected chi connectivity index (χ1v) is 9.09. The molecule has 2 aromatic carbocycles. The predicted octanol–water partition coefficient (Wildman–Crippen LogP) is 3.08. The number of carbonyl (C=O) groups excluding carboxylic acids is 2. The van der Waals surface area contributed by atoms with Crippen molar-refractivity contribution in [1.82, 2.24) is 14.4 Å². The molecule has 27 heavy (non-hydrogen) atoms. The number of benzene rings is 2. The number of aromatic nitrogens is 1. The maximum absolute atomic E-state index is 12.8. The summed E-state index contributed by atoms with van der Waals surface area (Å²) in [5.74, 6) is 0.0413. The van der Waals surface area contributed by atoms with Crippen LogP contribution in [-0.4, -0.2) is 52.4 Å². The van der Waals surface area contributed by atoms with Gasteiger partial charge in [-0.15, -0.1) is 0 Å². The van der Waals surface area contributed by atoms with Gasteiger partial charge in [-0.3, -0.25) is 9.59 Å². The van der Waals surface area contributed by atoms with Crippen molar-refractivity contribution in [2.45, 2.75) is 0 Å². The van der Waals surface area contributed by atoms with Crippen LogP contribution in [0.3, 0.4) is 0 Å². The molecule has 0 spiro atoms. The van der Waals surface area contributed by atoms with E-state index in [-0.39, 0.29) is 11.8 Å². The van der Waals surface area contributed by atoms with Gasteiger partial charge in [0.25, 0.3) is 11.8 Å². The van der Waals surface area contributed by atoms with E-state index in [1.807, 2.05) is 93.5 Å². The molecule has 1 saturated heterocycles. The number of rotatable bonds is 3. The fourth-order valence-electron chi connectivity index (χ4n) is 3.34. The molecule has 0 saturated carbocycles. The van der Waals surface area contributed by atoms with Gasteiger partial charge >= 0.3 is 0 Å². The minimum atomic E-state index is 0.0147. The lowest BCUT2D eigenvalue weighted by Gasteiger charge is -2.35. The largest absolute Gasteiger partial charge is 0.335 e. The molecule has 0 atom stereocenters. The molecule has 4 rings (SSSR count). The smallest absolute Gasteiger partial charge is 0.253 e. The first-order valence-electron chi connectivity index (χ1n) is 9.09. The third kappa shape index (κ3) is 3.62. The van der Waals surface area contributed by atoms with Crippen LogP contribution in [0.2, 0.25) is 0 Å². The predicted molar refractivity (Wildman–Crippen MR) is 104 cm³/mol. The van der Waals surface area contributed by atoms with Gasteiger partial charge in [0, 0.05) is 55.4 Å². The Labute approximate surface area is 158 Å². The maximum atomic E-state index is 12.8. The second-order valence-electron chi connectivity index (χ2n) is 6.59. The Hall–Kier alpha value is -3.34. The number of hydrogen-bond acceptors (Lipinski definition) is 2. The topological polar surface area (TPSA) is 45.6 Å². The van der Waals surface area contributed by atoms with Crippen LogP contribution in [-0.2, 0) is 0 Å². The van der Waals surface area contributed by atoms with E-state index in [4.69, 9.17) is 0 Å². The highest BCUT2D eigenvalue weighted by atomic mass is 16.2. The van der Waals surface area contributed by atoms with Crippen LogP contribution in [0.1, 0.15) is 20.7 Å². The van der Waals surface area contributed by atoms with Crippen LogP contribution >= 0.6 is 0 Å². The van der Waals surface area contributed by atoms with E-state index >= 15 is 0 Å². The van der Waals surface area contributed by atoms with Crippen LogP contribution in [0.25, 0.3) is 5.69 Å². The molecule has 0 aliphatic carbocycles. The minimum Gasteiger partial charge on any atom is -0.335 e. The quantitative estimate of drug-likeness (QED) is 0.721. The molecule has 0 bridgehead atoms. The fourth-order valence-corrected chi connectivity index (χ4v) is 3.34. The minimum absolute atomic E-state index is 0.0147. The highest BCUT2D eigenvalue weighted by molar-refractivity contribution is 5.96. The lowest BCUT2D eigenvalue weighted by molar-refractivity contribution is 0.0535. The van der Waals surface area contributed by atoms with Crippen molar-refractivity contribution in [2.75, 3.05) is 26.2 Å². The molecule has 0 N–H and O–H groups in total. The van der Waals surface area contributed by atoms with Gasteiger partial charge in [0.05, 0.1) is 0 Å². The van der Waals surface area contributed by atoms with E-state index in [2.05, 4.69) is 0 Å². The molecule has 2 amide bonds. The molecule has 136 valence electrons. The zero-order chi connectivity index (χ0) is 18.6. The van der Waals surface area contributed by atoms with E-state index in [0.717, 1.165) is 5.69 Å². The van der Waals surface area contributed by atoms with Crippen molar-refractivity contribution >= 4 is 11.8 Å². The average Bonchev–Trinajstić information content (AvgIpc) is 3.28. The van der Waals surface area contributed by atoms with Gasteiger partial charge in [0.2, 0.25) is 0 Å². The molecule has 1 aliphatic rings. The van der Waals surface area contributed by atoms with Crippen LogP contribution < -0.4 is 0 Å². The Morgan fingerprint density at radius 2 is 1.07 bits per heavy atom. The summed E-state index contributed by atoms with van der Waals surface area (Å²) >= 11 is 0. The molecule has 0 unspecified atom stereocenters. The number of piperazine rings is 1. The zero-order valence-corrected chi connectivity index (χ0v) is 15.0. The summed E-state index contributed by atoms with van der Waals surface area (Å²) in [5.41, 5.74) is 2.39. The lowest BCUT2D eigenvalue weighted by atomic mass is 10.1. The van der Waals surface area contributed by atoms with Gasteiger partial charge in [-0.1, -0.05) is 18.2 Å². The zero-order valence-electron chi connectivity index (χ0n) is 15.0. The Morgan fingerprint density at radius 3 is 1.59 bits per heavy atom. The van der Waals surface area contributed by atoms with Gasteiger partial charge in [0.15, 0.2) is 0 Å². The molecular formula is C22H21N3O2. The summed E-state index contributed by atoms with van der Waals surface area (Å²) in [5, 5.41) is 0. The van der Waals surface area contributed by atoms with Crippen LogP contribution in [0.4, 0.5) is 0 Å². The van der Waals surface area contributed by atoms with Gasteiger partial charge in [0.1, 0.15) is 0 Å². The highest BCUT2D eigenvalue weighted by Gasteiger charge is 2.25. The molecule has 3 aromatic rings.